The molecule has 2 heterocycles. The molecule has 1 fully saturated rings. The number of sulfonamides is 1. The van der Waals surface area contributed by atoms with Crippen molar-refractivity contribution in [3.05, 3.63) is 14.7 Å². The third kappa shape index (κ3) is 3.00. The van der Waals surface area contributed by atoms with Crippen molar-refractivity contribution >= 4 is 50.6 Å². The highest BCUT2D eigenvalue weighted by atomic mass is 35.5. The van der Waals surface area contributed by atoms with Crippen LogP contribution in [0.2, 0.25) is 8.67 Å². The lowest BCUT2D eigenvalue weighted by Gasteiger charge is -2.30. The first-order chi connectivity index (χ1) is 8.96. The highest BCUT2D eigenvalue weighted by molar-refractivity contribution is 7.89. The fraction of sp³-hybridized carbons (Fsp3) is 0.444. The zero-order valence-corrected chi connectivity index (χ0v) is 12.5. The summed E-state index contributed by atoms with van der Waals surface area (Å²) in [6.07, 6.45) is 0.418. The average Bonchev–Trinajstić information content (AvgIpc) is 2.70. The van der Waals surface area contributed by atoms with E-state index in [1.54, 1.807) is 0 Å². The number of ether oxygens (including phenoxy) is 1. The van der Waals surface area contributed by atoms with E-state index in [0.717, 1.165) is 15.6 Å². The van der Waals surface area contributed by atoms with Gasteiger partial charge in [-0.05, 0) is 6.07 Å². The molecule has 1 aliphatic rings. The molecule has 0 bridgehead atoms. The molecule has 0 amide bonds. The van der Waals surface area contributed by atoms with Crippen molar-refractivity contribution < 1.29 is 17.9 Å². The number of halogens is 2. The summed E-state index contributed by atoms with van der Waals surface area (Å²) < 4.78 is 31.4. The molecule has 0 radical (unpaired) electrons. The lowest BCUT2D eigenvalue weighted by Crippen LogP contribution is -2.47. The van der Waals surface area contributed by atoms with Crippen LogP contribution >= 0.6 is 34.5 Å². The Morgan fingerprint density at radius 2 is 2.26 bits per heavy atom. The fourth-order valence-electron chi connectivity index (χ4n) is 1.65. The first kappa shape index (κ1) is 14.9. The van der Waals surface area contributed by atoms with Gasteiger partial charge < -0.3 is 4.74 Å². The summed E-state index contributed by atoms with van der Waals surface area (Å²) in [4.78, 5) is 13.7. The molecule has 0 saturated carbocycles. The predicted molar refractivity (Wildman–Crippen MR) is 71.0 cm³/mol. The van der Waals surface area contributed by atoms with Gasteiger partial charge in [-0.1, -0.05) is 23.2 Å². The zero-order valence-electron chi connectivity index (χ0n) is 9.38. The van der Waals surface area contributed by atoms with Crippen LogP contribution in [-0.4, -0.2) is 44.7 Å². The smallest absolute Gasteiger partial charge is 0.247 e. The predicted octanol–water partition coefficient (Wildman–Crippen LogP) is 1.74. The number of isocyanates is 1. The van der Waals surface area contributed by atoms with Gasteiger partial charge in [-0.25, -0.2) is 13.2 Å². The number of hydrogen-bond acceptors (Lipinski definition) is 6. The first-order valence-corrected chi connectivity index (χ1v) is 8.09. The van der Waals surface area contributed by atoms with Crippen LogP contribution in [-0.2, 0) is 19.6 Å². The normalized spacial score (nSPS) is 21.1. The standard InChI is InChI=1S/C9H8Cl2N2O4S2/c10-7-3-6(9(11)18-7)19(15,16)13-1-2-17-4-8(13)12-5-14/h3,8H,1-2,4H2. The van der Waals surface area contributed by atoms with Crippen molar-refractivity contribution in [3.63, 3.8) is 0 Å². The van der Waals surface area contributed by atoms with E-state index >= 15 is 0 Å². The van der Waals surface area contributed by atoms with E-state index in [-0.39, 0.29) is 33.3 Å². The molecule has 0 aromatic carbocycles. The minimum absolute atomic E-state index is 0.00393. The van der Waals surface area contributed by atoms with Crippen molar-refractivity contribution in [2.45, 2.75) is 11.1 Å². The SMILES string of the molecule is O=C=NC1COCCN1S(=O)(=O)c1cc(Cl)sc1Cl. The second-order valence-corrected chi connectivity index (χ2v) is 7.72. The maximum atomic E-state index is 12.5. The van der Waals surface area contributed by atoms with Crippen LogP contribution in [0, 0.1) is 0 Å². The van der Waals surface area contributed by atoms with Crippen molar-refractivity contribution in [1.82, 2.24) is 4.31 Å². The Kier molecular flexibility index (Phi) is 4.62. The molecule has 0 spiro atoms. The van der Waals surface area contributed by atoms with Crippen molar-refractivity contribution in [3.8, 4) is 0 Å². The molecule has 2 rings (SSSR count). The van der Waals surface area contributed by atoms with Crippen molar-refractivity contribution in [2.75, 3.05) is 19.8 Å². The number of nitrogens with zero attached hydrogens (tertiary/aromatic N) is 2. The Morgan fingerprint density at radius 3 is 2.84 bits per heavy atom. The minimum Gasteiger partial charge on any atom is -0.376 e. The summed E-state index contributed by atoms with van der Waals surface area (Å²) in [6, 6.07) is 1.28. The highest BCUT2D eigenvalue weighted by Crippen LogP contribution is 2.36. The molecule has 1 aromatic rings. The van der Waals surface area contributed by atoms with Gasteiger partial charge in [-0.3, -0.25) is 0 Å². The quantitative estimate of drug-likeness (QED) is 0.619. The maximum absolute atomic E-state index is 12.5. The van der Waals surface area contributed by atoms with Gasteiger partial charge >= 0.3 is 0 Å². The number of thiophene rings is 1. The van der Waals surface area contributed by atoms with E-state index in [1.807, 2.05) is 0 Å². The Balaban J connectivity index is 2.42. The van der Waals surface area contributed by atoms with E-state index in [0.29, 0.717) is 0 Å². The molecular formula is C9H8Cl2N2O4S2. The Bertz CT molecular complexity index is 624. The highest BCUT2D eigenvalue weighted by Gasteiger charge is 2.36. The van der Waals surface area contributed by atoms with Gasteiger partial charge in [0.25, 0.3) is 0 Å². The van der Waals surface area contributed by atoms with Crippen LogP contribution in [0.25, 0.3) is 0 Å². The summed E-state index contributed by atoms with van der Waals surface area (Å²) in [5.74, 6) is 0. The average molecular weight is 343 g/mol. The minimum atomic E-state index is -3.87. The van der Waals surface area contributed by atoms with E-state index in [9.17, 15) is 13.2 Å². The second-order valence-electron chi connectivity index (χ2n) is 3.58. The zero-order chi connectivity index (χ0) is 14.0. The van der Waals surface area contributed by atoms with Gasteiger partial charge in [0, 0.05) is 6.54 Å². The number of aliphatic imine (C=N–C) groups is 1. The molecule has 0 N–H and O–H groups in total. The number of rotatable bonds is 3. The topological polar surface area (TPSA) is 76.0 Å². The van der Waals surface area contributed by atoms with Gasteiger partial charge in [0.05, 0.1) is 17.6 Å². The molecule has 6 nitrogen and oxygen atoms in total. The number of carbonyl (C=O) groups excluding carboxylic acids is 1. The lowest BCUT2D eigenvalue weighted by atomic mass is 10.4. The summed E-state index contributed by atoms with van der Waals surface area (Å²) in [7, 11) is -3.87. The van der Waals surface area contributed by atoms with Crippen LogP contribution in [0.4, 0.5) is 0 Å². The largest absolute Gasteiger partial charge is 0.376 e. The van der Waals surface area contributed by atoms with E-state index in [4.69, 9.17) is 27.9 Å². The maximum Gasteiger partial charge on any atom is 0.247 e. The van der Waals surface area contributed by atoms with Gasteiger partial charge in [0.1, 0.15) is 9.23 Å². The summed E-state index contributed by atoms with van der Waals surface area (Å²) >= 11 is 12.6. The molecule has 10 heteroatoms. The third-order valence-electron chi connectivity index (χ3n) is 2.47. The van der Waals surface area contributed by atoms with Crippen LogP contribution < -0.4 is 0 Å². The van der Waals surface area contributed by atoms with E-state index in [2.05, 4.69) is 4.99 Å². The van der Waals surface area contributed by atoms with Gasteiger partial charge in [0.15, 0.2) is 6.17 Å². The van der Waals surface area contributed by atoms with Crippen LogP contribution in [0.15, 0.2) is 16.0 Å². The third-order valence-corrected chi connectivity index (χ3v) is 6.12. The van der Waals surface area contributed by atoms with Crippen molar-refractivity contribution in [1.29, 1.82) is 0 Å². The Morgan fingerprint density at radius 1 is 1.53 bits per heavy atom. The van der Waals surface area contributed by atoms with E-state index < -0.39 is 16.2 Å². The summed E-state index contributed by atoms with van der Waals surface area (Å²) in [5.41, 5.74) is 0. The fourth-order valence-corrected chi connectivity index (χ4v) is 5.25. The van der Waals surface area contributed by atoms with Crippen LogP contribution in [0.3, 0.4) is 0 Å². The Hall–Kier alpha value is -0.470. The molecule has 0 aliphatic carbocycles. The van der Waals surface area contributed by atoms with Gasteiger partial charge in [0.2, 0.25) is 16.1 Å². The molecule has 1 aromatic heterocycles. The molecule has 1 unspecified atom stereocenters. The molecule has 1 saturated heterocycles. The summed E-state index contributed by atoms with van der Waals surface area (Å²) in [5, 5.41) is 0. The molecule has 1 atom stereocenters. The second kappa shape index (κ2) is 5.88. The number of morpholine rings is 1. The van der Waals surface area contributed by atoms with Crippen LogP contribution in [0.5, 0.6) is 0 Å². The monoisotopic (exact) mass is 342 g/mol. The van der Waals surface area contributed by atoms with Crippen molar-refractivity contribution in [2.24, 2.45) is 4.99 Å². The molecular weight excluding hydrogens is 335 g/mol. The van der Waals surface area contributed by atoms with Crippen LogP contribution in [0.1, 0.15) is 0 Å². The van der Waals surface area contributed by atoms with E-state index in [1.165, 1.54) is 12.1 Å². The summed E-state index contributed by atoms with van der Waals surface area (Å²) in [6.45, 7) is 0.311. The first-order valence-electron chi connectivity index (χ1n) is 5.08. The van der Waals surface area contributed by atoms with Gasteiger partial charge in [-0.2, -0.15) is 9.30 Å². The number of hydrogen-bond donors (Lipinski definition) is 0. The van der Waals surface area contributed by atoms with Gasteiger partial charge in [-0.15, -0.1) is 11.3 Å². The molecule has 104 valence electrons. The lowest BCUT2D eigenvalue weighted by molar-refractivity contribution is 0.0359. The Labute approximate surface area is 123 Å². The molecule has 1 aliphatic heterocycles. The molecule has 19 heavy (non-hydrogen) atoms.